The largest absolute Gasteiger partial charge is 0.443 e. The van der Waals surface area contributed by atoms with Crippen LogP contribution >= 0.6 is 0 Å². The van der Waals surface area contributed by atoms with Gasteiger partial charge in [0.05, 0.1) is 0 Å². The van der Waals surface area contributed by atoms with Crippen LogP contribution in [0.1, 0.15) is 26.3 Å². The number of rotatable bonds is 3. The van der Waals surface area contributed by atoms with Crippen LogP contribution in [0.15, 0.2) is 24.3 Å². The van der Waals surface area contributed by atoms with E-state index in [1.54, 1.807) is 39.0 Å². The minimum Gasteiger partial charge on any atom is -0.443 e. The Kier molecular flexibility index (Phi) is 4.45. The van der Waals surface area contributed by atoms with Crippen LogP contribution in [0.4, 0.5) is 9.18 Å². The molecule has 0 aromatic heterocycles. The second-order valence-corrected chi connectivity index (χ2v) is 4.57. The minimum atomic E-state index is -0.589. The van der Waals surface area contributed by atoms with Gasteiger partial charge in [0, 0.05) is 12.1 Å². The van der Waals surface area contributed by atoms with E-state index in [9.17, 15) is 9.18 Å². The maximum absolute atomic E-state index is 13.2. The molecule has 94 valence electrons. The second-order valence-electron chi connectivity index (χ2n) is 4.57. The van der Waals surface area contributed by atoms with Crippen molar-refractivity contribution in [1.29, 1.82) is 0 Å². The first-order valence-electron chi connectivity index (χ1n) is 5.34. The predicted molar refractivity (Wildman–Crippen MR) is 62.6 cm³/mol. The Morgan fingerprint density at radius 3 is 2.59 bits per heavy atom. The molecule has 0 unspecified atom stereocenters. The zero-order valence-electron chi connectivity index (χ0n) is 10.2. The fourth-order valence-electron chi connectivity index (χ4n) is 1.16. The molecule has 0 atom stereocenters. The van der Waals surface area contributed by atoms with Crippen LogP contribution < -0.4 is 10.9 Å². The van der Waals surface area contributed by atoms with Crippen LogP contribution in [0.5, 0.6) is 0 Å². The monoisotopic (exact) mass is 240 g/mol. The molecule has 1 rings (SSSR count). The smallest absolute Gasteiger partial charge is 0.422 e. The highest BCUT2D eigenvalue weighted by Gasteiger charge is 2.15. The average molecular weight is 240 g/mol. The van der Waals surface area contributed by atoms with Gasteiger partial charge in [0.25, 0.3) is 0 Å². The topological polar surface area (TPSA) is 50.4 Å². The maximum atomic E-state index is 13.2. The highest BCUT2D eigenvalue weighted by atomic mass is 19.1. The molecular weight excluding hydrogens is 223 g/mol. The van der Waals surface area contributed by atoms with Crippen LogP contribution in [0.2, 0.25) is 0 Å². The van der Waals surface area contributed by atoms with Gasteiger partial charge in [-0.15, -0.1) is 0 Å². The number of nitrogens with one attached hydrogen (secondary N) is 2. The van der Waals surface area contributed by atoms with Gasteiger partial charge in [0.1, 0.15) is 11.4 Å². The third-order valence-electron chi connectivity index (χ3n) is 1.83. The van der Waals surface area contributed by atoms with Crippen molar-refractivity contribution in [3.05, 3.63) is 35.6 Å². The van der Waals surface area contributed by atoms with Crippen molar-refractivity contribution in [3.63, 3.8) is 0 Å². The van der Waals surface area contributed by atoms with Crippen molar-refractivity contribution < 1.29 is 13.9 Å². The lowest BCUT2D eigenvalue weighted by atomic mass is 10.2. The molecule has 0 radical (unpaired) electrons. The lowest BCUT2D eigenvalue weighted by molar-refractivity contribution is 0.0496. The van der Waals surface area contributed by atoms with Gasteiger partial charge in [0.2, 0.25) is 0 Å². The van der Waals surface area contributed by atoms with Gasteiger partial charge < -0.3 is 4.74 Å². The Balaban J connectivity index is 2.34. The SMILES string of the molecule is CC(C)(C)OC(=O)NNCc1ccccc1F. The molecule has 0 fully saturated rings. The van der Waals surface area contributed by atoms with E-state index in [4.69, 9.17) is 4.74 Å². The van der Waals surface area contributed by atoms with Crippen molar-refractivity contribution in [2.75, 3.05) is 0 Å². The predicted octanol–water partition coefficient (Wildman–Crippen LogP) is 2.36. The molecule has 4 nitrogen and oxygen atoms in total. The highest BCUT2D eigenvalue weighted by molar-refractivity contribution is 5.66. The summed E-state index contributed by atoms with van der Waals surface area (Å²) in [5.41, 5.74) is 4.86. The zero-order chi connectivity index (χ0) is 12.9. The molecule has 0 saturated heterocycles. The quantitative estimate of drug-likeness (QED) is 0.797. The fraction of sp³-hybridized carbons (Fsp3) is 0.417. The highest BCUT2D eigenvalue weighted by Crippen LogP contribution is 2.07. The van der Waals surface area contributed by atoms with E-state index >= 15 is 0 Å². The third kappa shape index (κ3) is 5.31. The minimum absolute atomic E-state index is 0.200. The Hall–Kier alpha value is -1.62. The molecule has 0 aliphatic rings. The lowest BCUT2D eigenvalue weighted by Crippen LogP contribution is -2.40. The molecule has 1 aromatic carbocycles. The van der Waals surface area contributed by atoms with Crippen molar-refractivity contribution in [2.45, 2.75) is 32.9 Å². The van der Waals surface area contributed by atoms with Gasteiger partial charge in [-0.3, -0.25) is 5.43 Å². The number of halogens is 1. The molecule has 17 heavy (non-hydrogen) atoms. The number of hydrogen-bond acceptors (Lipinski definition) is 3. The van der Waals surface area contributed by atoms with Gasteiger partial charge in [-0.25, -0.2) is 14.6 Å². The van der Waals surface area contributed by atoms with E-state index in [1.807, 2.05) is 0 Å². The van der Waals surface area contributed by atoms with Crippen LogP contribution in [0, 0.1) is 5.82 Å². The van der Waals surface area contributed by atoms with Gasteiger partial charge >= 0.3 is 6.09 Å². The summed E-state index contributed by atoms with van der Waals surface area (Å²) in [4.78, 5) is 11.2. The molecule has 1 aromatic rings. The first-order valence-corrected chi connectivity index (χ1v) is 5.34. The fourth-order valence-corrected chi connectivity index (χ4v) is 1.16. The van der Waals surface area contributed by atoms with E-state index in [1.165, 1.54) is 6.07 Å². The Bertz CT molecular complexity index is 388. The summed E-state index contributed by atoms with van der Waals surface area (Å²) in [5, 5.41) is 0. The summed E-state index contributed by atoms with van der Waals surface area (Å²) >= 11 is 0. The molecular formula is C12H17FN2O2. The van der Waals surface area contributed by atoms with E-state index in [0.29, 0.717) is 5.56 Å². The van der Waals surface area contributed by atoms with Crippen LogP contribution in [-0.2, 0) is 11.3 Å². The number of carbonyl (C=O) groups is 1. The maximum Gasteiger partial charge on any atom is 0.422 e. The molecule has 0 spiro atoms. The molecule has 0 aliphatic carbocycles. The zero-order valence-corrected chi connectivity index (χ0v) is 10.2. The van der Waals surface area contributed by atoms with Crippen molar-refractivity contribution in [2.24, 2.45) is 0 Å². The number of carbonyl (C=O) groups excluding carboxylic acids is 1. The normalized spacial score (nSPS) is 11.1. The molecule has 0 aliphatic heterocycles. The van der Waals surface area contributed by atoms with E-state index in [0.717, 1.165) is 0 Å². The van der Waals surface area contributed by atoms with Gasteiger partial charge in [-0.2, -0.15) is 0 Å². The number of amides is 1. The van der Waals surface area contributed by atoms with Gasteiger partial charge in [-0.1, -0.05) is 18.2 Å². The van der Waals surface area contributed by atoms with Gasteiger partial charge in [-0.05, 0) is 26.8 Å². The summed E-state index contributed by atoms with van der Waals surface area (Å²) in [5.74, 6) is -0.314. The lowest BCUT2D eigenvalue weighted by Gasteiger charge is -2.19. The molecule has 5 heteroatoms. The third-order valence-corrected chi connectivity index (χ3v) is 1.83. The Morgan fingerprint density at radius 2 is 2.00 bits per heavy atom. The summed E-state index contributed by atoms with van der Waals surface area (Å²) in [6.07, 6.45) is -0.589. The van der Waals surface area contributed by atoms with Crippen molar-refractivity contribution >= 4 is 6.09 Å². The van der Waals surface area contributed by atoms with E-state index in [2.05, 4.69) is 10.9 Å². The van der Waals surface area contributed by atoms with Crippen LogP contribution in [0.25, 0.3) is 0 Å². The molecule has 0 bridgehead atoms. The first-order chi connectivity index (χ1) is 7.88. The van der Waals surface area contributed by atoms with Crippen LogP contribution in [-0.4, -0.2) is 11.7 Å². The standard InChI is InChI=1S/C12H17FN2O2/c1-12(2,3)17-11(16)15-14-8-9-6-4-5-7-10(9)13/h4-7,14H,8H2,1-3H3,(H,15,16). The van der Waals surface area contributed by atoms with E-state index in [-0.39, 0.29) is 12.4 Å². The first kappa shape index (κ1) is 13.4. The summed E-state index contributed by atoms with van der Waals surface area (Å²) < 4.78 is 18.2. The number of ether oxygens (including phenoxy) is 1. The molecule has 0 saturated carbocycles. The van der Waals surface area contributed by atoms with Crippen LogP contribution in [0.3, 0.4) is 0 Å². The molecule has 1 amide bonds. The summed E-state index contributed by atoms with van der Waals surface area (Å²) in [7, 11) is 0. The Labute approximate surface area is 100 Å². The Morgan fingerprint density at radius 1 is 1.35 bits per heavy atom. The second kappa shape index (κ2) is 5.63. The van der Waals surface area contributed by atoms with Crippen molar-refractivity contribution in [1.82, 2.24) is 10.9 Å². The van der Waals surface area contributed by atoms with E-state index < -0.39 is 11.7 Å². The number of hydrazine groups is 1. The average Bonchev–Trinajstić information content (AvgIpc) is 2.18. The van der Waals surface area contributed by atoms with Crippen molar-refractivity contribution in [3.8, 4) is 0 Å². The number of hydrogen-bond donors (Lipinski definition) is 2. The summed E-state index contributed by atoms with van der Waals surface area (Å²) in [6.45, 7) is 5.50. The van der Waals surface area contributed by atoms with Gasteiger partial charge in [0.15, 0.2) is 0 Å². The number of benzene rings is 1. The molecule has 0 heterocycles. The molecule has 2 N–H and O–H groups in total. The summed E-state index contributed by atoms with van der Waals surface area (Å²) in [6, 6.07) is 6.34.